The van der Waals surface area contributed by atoms with E-state index in [0.717, 1.165) is 17.7 Å². The molecule has 1 fully saturated rings. The van der Waals surface area contributed by atoms with Gasteiger partial charge in [0.25, 0.3) is 11.8 Å². The van der Waals surface area contributed by atoms with Crippen LogP contribution in [0, 0.1) is 11.8 Å². The molecule has 0 unspecified atom stereocenters. The van der Waals surface area contributed by atoms with Gasteiger partial charge >= 0.3 is 0 Å². The monoisotopic (exact) mass is 433 g/mol. The van der Waals surface area contributed by atoms with Crippen LogP contribution in [-0.4, -0.2) is 40.3 Å². The number of hydrogen-bond acceptors (Lipinski definition) is 5. The average Bonchev–Trinajstić information content (AvgIpc) is 3.64. The zero-order valence-electron chi connectivity index (χ0n) is 17.8. The van der Waals surface area contributed by atoms with E-state index in [4.69, 9.17) is 5.21 Å². The van der Waals surface area contributed by atoms with Gasteiger partial charge in [0, 0.05) is 23.7 Å². The Labute approximate surface area is 187 Å². The molecule has 7 nitrogen and oxygen atoms in total. The third-order valence-electron chi connectivity index (χ3n) is 5.04. The minimum absolute atomic E-state index is 0.304. The number of carbonyl (C=O) groups is 2. The van der Waals surface area contributed by atoms with Crippen molar-refractivity contribution in [1.29, 1.82) is 0 Å². The molecule has 0 aromatic heterocycles. The van der Waals surface area contributed by atoms with Crippen molar-refractivity contribution in [3.63, 3.8) is 0 Å². The van der Waals surface area contributed by atoms with Gasteiger partial charge in [0.1, 0.15) is 6.04 Å². The molecule has 2 aromatic rings. The summed E-state index contributed by atoms with van der Waals surface area (Å²) in [5.41, 5.74) is 4.80. The number of allylic oxidation sites excluding steroid dienone is 1. The third-order valence-corrected chi connectivity index (χ3v) is 5.04. The number of amides is 2. The van der Waals surface area contributed by atoms with E-state index in [1.807, 2.05) is 6.08 Å². The molecule has 32 heavy (non-hydrogen) atoms. The maximum atomic E-state index is 12.3. The van der Waals surface area contributed by atoms with Crippen molar-refractivity contribution in [3.05, 3.63) is 76.9 Å². The van der Waals surface area contributed by atoms with Crippen LogP contribution in [0.3, 0.4) is 0 Å². The van der Waals surface area contributed by atoms with Gasteiger partial charge in [0.05, 0.1) is 6.10 Å². The zero-order valence-corrected chi connectivity index (χ0v) is 17.8. The predicted octanol–water partition coefficient (Wildman–Crippen LogP) is 1.99. The Morgan fingerprint density at radius 1 is 1.12 bits per heavy atom. The minimum atomic E-state index is -1.26. The van der Waals surface area contributed by atoms with Crippen LogP contribution in [0.25, 0.3) is 6.08 Å². The largest absolute Gasteiger partial charge is 0.391 e. The average molecular weight is 434 g/mol. The number of hydroxylamine groups is 1. The molecule has 166 valence electrons. The number of rotatable bonds is 8. The smallest absolute Gasteiger partial charge is 0.268 e. The van der Waals surface area contributed by atoms with E-state index in [1.54, 1.807) is 30.3 Å². The van der Waals surface area contributed by atoms with Gasteiger partial charge in [-0.15, -0.1) is 0 Å². The number of nitrogens with one attached hydrogen (secondary N) is 3. The molecule has 5 N–H and O–H groups in total. The number of hydrogen-bond donors (Lipinski definition) is 5. The number of aliphatic hydroxyl groups excluding tert-OH is 1. The Morgan fingerprint density at radius 3 is 2.41 bits per heavy atom. The number of carbonyl (C=O) groups excluding carboxylic acids is 2. The Hall–Kier alpha value is -3.44. The molecular formula is C25H27N3O4. The molecule has 2 amide bonds. The van der Waals surface area contributed by atoms with Crippen LogP contribution in [0.2, 0.25) is 0 Å². The molecule has 1 aliphatic rings. The van der Waals surface area contributed by atoms with Crippen molar-refractivity contribution in [3.8, 4) is 11.8 Å². The van der Waals surface area contributed by atoms with Crippen molar-refractivity contribution in [2.45, 2.75) is 44.5 Å². The molecular weight excluding hydrogens is 406 g/mol. The van der Waals surface area contributed by atoms with Gasteiger partial charge in [-0.05, 0) is 67.3 Å². The standard InChI is InChI=1S/C25H27N3O4/c1-17(29)23(25(31)28-32)27-24(30)21-12-10-19(11-13-21)5-3-2-4-18-6-8-20(9-7-18)16-26-22-14-15-22/h2,4,6-13,17,22-23,26,29,32H,14-16H2,1H3,(H,27,30)(H,28,31)/t17-,23-/m0/s1. The summed E-state index contributed by atoms with van der Waals surface area (Å²) in [6.45, 7) is 2.24. The fourth-order valence-electron chi connectivity index (χ4n) is 2.96. The Morgan fingerprint density at radius 2 is 1.81 bits per heavy atom. The topological polar surface area (TPSA) is 111 Å². The van der Waals surface area contributed by atoms with Crippen molar-refractivity contribution in [2.75, 3.05) is 0 Å². The zero-order chi connectivity index (χ0) is 22.9. The SMILES string of the molecule is C[C@H](O)[C@H](NC(=O)c1ccc(C#CC=Cc2ccc(CNC3CC3)cc2)cc1)C(=O)NO. The predicted molar refractivity (Wildman–Crippen MR) is 122 cm³/mol. The van der Waals surface area contributed by atoms with Crippen LogP contribution in [0.1, 0.15) is 46.8 Å². The molecule has 1 saturated carbocycles. The molecule has 0 radical (unpaired) electrons. The van der Waals surface area contributed by atoms with E-state index in [0.29, 0.717) is 11.6 Å². The quantitative estimate of drug-likeness (QED) is 0.248. The summed E-state index contributed by atoms with van der Waals surface area (Å²) in [6, 6.07) is 14.3. The lowest BCUT2D eigenvalue weighted by Gasteiger charge is -2.19. The molecule has 1 aliphatic carbocycles. The van der Waals surface area contributed by atoms with Gasteiger partial charge in [0.15, 0.2) is 0 Å². The summed E-state index contributed by atoms with van der Waals surface area (Å²) in [4.78, 5) is 23.8. The second kappa shape index (κ2) is 11.3. The van der Waals surface area contributed by atoms with Crippen molar-refractivity contribution < 1.29 is 19.9 Å². The third kappa shape index (κ3) is 7.06. The minimum Gasteiger partial charge on any atom is -0.391 e. The van der Waals surface area contributed by atoms with E-state index < -0.39 is 24.0 Å². The van der Waals surface area contributed by atoms with Crippen LogP contribution in [0.15, 0.2) is 54.6 Å². The number of benzene rings is 2. The molecule has 2 atom stereocenters. The molecule has 3 rings (SSSR count). The van der Waals surface area contributed by atoms with Crippen molar-refractivity contribution in [1.82, 2.24) is 16.1 Å². The highest BCUT2D eigenvalue weighted by atomic mass is 16.5. The summed E-state index contributed by atoms with van der Waals surface area (Å²) in [6.07, 6.45) is 5.11. The maximum Gasteiger partial charge on any atom is 0.268 e. The molecule has 7 heteroatoms. The lowest BCUT2D eigenvalue weighted by atomic mass is 10.1. The highest BCUT2D eigenvalue weighted by Crippen LogP contribution is 2.19. The summed E-state index contributed by atoms with van der Waals surface area (Å²) in [5.74, 6) is 4.53. The van der Waals surface area contributed by atoms with Crippen LogP contribution in [0.5, 0.6) is 0 Å². The molecule has 0 bridgehead atoms. The Bertz CT molecular complexity index is 1010. The van der Waals surface area contributed by atoms with Crippen LogP contribution in [0.4, 0.5) is 0 Å². The van der Waals surface area contributed by atoms with Gasteiger partial charge in [-0.1, -0.05) is 36.1 Å². The lowest BCUT2D eigenvalue weighted by molar-refractivity contribution is -0.133. The van der Waals surface area contributed by atoms with E-state index in [2.05, 4.69) is 46.7 Å². The first-order valence-electron chi connectivity index (χ1n) is 10.5. The molecule has 0 spiro atoms. The van der Waals surface area contributed by atoms with Crippen molar-refractivity contribution >= 4 is 17.9 Å². The summed E-state index contributed by atoms with van der Waals surface area (Å²) in [7, 11) is 0. The van der Waals surface area contributed by atoms with Gasteiger partial charge < -0.3 is 15.7 Å². The second-order valence-corrected chi connectivity index (χ2v) is 7.74. The maximum absolute atomic E-state index is 12.3. The normalized spacial score (nSPS) is 14.8. The highest BCUT2D eigenvalue weighted by Gasteiger charge is 2.25. The number of aliphatic hydroxyl groups is 1. The molecule has 0 heterocycles. The van der Waals surface area contributed by atoms with Crippen LogP contribution >= 0.6 is 0 Å². The summed E-state index contributed by atoms with van der Waals surface area (Å²) in [5, 5.41) is 24.2. The van der Waals surface area contributed by atoms with Gasteiger partial charge in [-0.25, -0.2) is 5.48 Å². The van der Waals surface area contributed by atoms with E-state index in [-0.39, 0.29) is 0 Å². The molecule has 0 saturated heterocycles. The Balaban J connectivity index is 1.53. The first kappa shape index (κ1) is 23.2. The van der Waals surface area contributed by atoms with E-state index >= 15 is 0 Å². The lowest BCUT2D eigenvalue weighted by Crippen LogP contribution is -2.51. The van der Waals surface area contributed by atoms with Crippen LogP contribution in [-0.2, 0) is 11.3 Å². The van der Waals surface area contributed by atoms with Crippen molar-refractivity contribution in [2.24, 2.45) is 0 Å². The second-order valence-electron chi connectivity index (χ2n) is 7.74. The first-order valence-corrected chi connectivity index (χ1v) is 10.5. The fourth-order valence-corrected chi connectivity index (χ4v) is 2.96. The molecule has 0 aliphatic heterocycles. The van der Waals surface area contributed by atoms with Crippen LogP contribution < -0.4 is 16.1 Å². The Kier molecular flexibility index (Phi) is 8.17. The van der Waals surface area contributed by atoms with E-state index in [1.165, 1.54) is 30.8 Å². The first-order chi connectivity index (χ1) is 15.5. The van der Waals surface area contributed by atoms with Gasteiger partial charge in [-0.3, -0.25) is 14.8 Å². The summed E-state index contributed by atoms with van der Waals surface area (Å²) >= 11 is 0. The van der Waals surface area contributed by atoms with Gasteiger partial charge in [0.2, 0.25) is 0 Å². The van der Waals surface area contributed by atoms with Gasteiger partial charge in [-0.2, -0.15) is 0 Å². The molecule has 2 aromatic carbocycles. The highest BCUT2D eigenvalue weighted by molar-refractivity contribution is 5.97. The summed E-state index contributed by atoms with van der Waals surface area (Å²) < 4.78 is 0. The fraction of sp³-hybridized carbons (Fsp3) is 0.280. The van der Waals surface area contributed by atoms with E-state index in [9.17, 15) is 14.7 Å².